The minimum atomic E-state index is 1.25. The van der Waals surface area contributed by atoms with Crippen molar-refractivity contribution in [2.45, 2.75) is 19.3 Å². The van der Waals surface area contributed by atoms with Crippen LogP contribution in [0.2, 0.25) is 0 Å². The van der Waals surface area contributed by atoms with E-state index < -0.39 is 0 Å². The summed E-state index contributed by atoms with van der Waals surface area (Å²) < 4.78 is 0. The fourth-order valence-corrected chi connectivity index (χ4v) is 0.802. The minimum Gasteiger partial charge on any atom is -0.317 e. The van der Waals surface area contributed by atoms with Crippen LogP contribution in [0.15, 0.2) is 18.9 Å². The van der Waals surface area contributed by atoms with Crippen molar-refractivity contribution in [2.24, 2.45) is 0 Å². The summed E-state index contributed by atoms with van der Waals surface area (Å²) in [5.41, 5.74) is 2.25. The van der Waals surface area contributed by atoms with Gasteiger partial charge in [0, 0.05) is 0 Å². The predicted octanol–water partition coefficient (Wildman–Crippen LogP) is 1.72. The molecule has 52 valence electrons. The van der Waals surface area contributed by atoms with E-state index in [0.717, 1.165) is 0 Å². The van der Waals surface area contributed by atoms with E-state index in [-0.39, 0.29) is 0 Å². The zero-order chi connectivity index (χ0) is 6.95. The molecule has 0 aromatic heterocycles. The van der Waals surface area contributed by atoms with Gasteiger partial charge in [-0.1, -0.05) is 19.6 Å². The van der Waals surface area contributed by atoms with Crippen molar-refractivity contribution in [3.63, 3.8) is 0 Å². The molecule has 1 nitrogen and oxygen atoms in total. The van der Waals surface area contributed by atoms with Gasteiger partial charge in [-0.2, -0.15) is 0 Å². The first-order valence-corrected chi connectivity index (χ1v) is 3.41. The van der Waals surface area contributed by atoms with Crippen molar-refractivity contribution in [1.29, 1.82) is 0 Å². The van der Waals surface area contributed by atoms with Gasteiger partial charge in [-0.05, 0) is 25.9 Å². The van der Waals surface area contributed by atoms with E-state index in [0.29, 0.717) is 0 Å². The molecule has 0 unspecified atom stereocenters. The molecule has 1 aliphatic rings. The first kappa shape index (κ1) is 8.48. The summed E-state index contributed by atoms with van der Waals surface area (Å²) in [6, 6.07) is 0. The third kappa shape index (κ3) is 7.48. The lowest BCUT2D eigenvalue weighted by Gasteiger charge is -2.08. The van der Waals surface area contributed by atoms with Crippen molar-refractivity contribution in [1.82, 2.24) is 5.32 Å². The van der Waals surface area contributed by atoms with Crippen LogP contribution in [0.1, 0.15) is 19.3 Å². The zero-order valence-corrected chi connectivity index (χ0v) is 5.95. The summed E-state index contributed by atoms with van der Waals surface area (Å²) >= 11 is 0. The Morgan fingerprint density at radius 3 is 1.56 bits per heavy atom. The summed E-state index contributed by atoms with van der Waals surface area (Å²) in [5.74, 6) is 0. The number of rotatable bonds is 0. The summed E-state index contributed by atoms with van der Waals surface area (Å²) in [6.07, 6.45) is 4.22. The molecule has 0 aliphatic carbocycles. The number of hydrogen-bond acceptors (Lipinski definition) is 1. The Labute approximate surface area is 57.5 Å². The molecule has 1 aliphatic heterocycles. The number of piperidine rings is 1. The van der Waals surface area contributed by atoms with Crippen LogP contribution in [0, 0.1) is 0 Å². The average molecular weight is 125 g/mol. The Hall–Kier alpha value is -0.520. The van der Waals surface area contributed by atoms with Crippen LogP contribution < -0.4 is 5.32 Å². The summed E-state index contributed by atoms with van der Waals surface area (Å²) in [6.45, 7) is 8.75. The second-order valence-corrected chi connectivity index (χ2v) is 2.06. The van der Waals surface area contributed by atoms with Gasteiger partial charge in [0.15, 0.2) is 0 Å². The van der Waals surface area contributed by atoms with Gasteiger partial charge in [0.1, 0.15) is 0 Å². The van der Waals surface area contributed by atoms with E-state index in [1.165, 1.54) is 32.4 Å². The minimum absolute atomic E-state index is 1.25. The molecule has 0 amide bonds. The van der Waals surface area contributed by atoms with Gasteiger partial charge >= 0.3 is 0 Å². The Bertz CT molecular complexity index is 65.1. The topological polar surface area (TPSA) is 12.0 Å². The van der Waals surface area contributed by atoms with Gasteiger partial charge < -0.3 is 5.32 Å². The molecular weight excluding hydrogens is 110 g/mol. The predicted molar refractivity (Wildman–Crippen MR) is 41.5 cm³/mol. The molecule has 9 heavy (non-hydrogen) atoms. The summed E-state index contributed by atoms with van der Waals surface area (Å²) in [4.78, 5) is 0. The highest BCUT2D eigenvalue weighted by atomic mass is 14.9. The standard InChI is InChI=1S/C5H11N.C3H4/c1-2-4-6-5-3-1;1-3-2/h6H,1-5H2;1-2H2. The van der Waals surface area contributed by atoms with Gasteiger partial charge in [0.2, 0.25) is 0 Å². The van der Waals surface area contributed by atoms with Crippen LogP contribution in [-0.4, -0.2) is 13.1 Å². The first-order valence-electron chi connectivity index (χ1n) is 3.41. The second-order valence-electron chi connectivity index (χ2n) is 2.06. The molecule has 1 saturated heterocycles. The Morgan fingerprint density at radius 2 is 1.44 bits per heavy atom. The van der Waals surface area contributed by atoms with E-state index >= 15 is 0 Å². The fourth-order valence-electron chi connectivity index (χ4n) is 0.802. The Morgan fingerprint density at radius 1 is 1.00 bits per heavy atom. The lowest BCUT2D eigenvalue weighted by molar-refractivity contribution is 0.520. The number of nitrogens with one attached hydrogen (secondary N) is 1. The van der Waals surface area contributed by atoms with Crippen LogP contribution >= 0.6 is 0 Å². The molecule has 0 saturated carbocycles. The molecule has 1 fully saturated rings. The van der Waals surface area contributed by atoms with Crippen LogP contribution in [-0.2, 0) is 0 Å². The van der Waals surface area contributed by atoms with Crippen molar-refractivity contribution in [3.05, 3.63) is 18.9 Å². The molecule has 0 aromatic carbocycles. The van der Waals surface area contributed by atoms with Gasteiger partial charge in [-0.15, -0.1) is 5.73 Å². The summed E-state index contributed by atoms with van der Waals surface area (Å²) in [7, 11) is 0. The van der Waals surface area contributed by atoms with Crippen molar-refractivity contribution >= 4 is 0 Å². The molecule has 1 heterocycles. The van der Waals surface area contributed by atoms with Gasteiger partial charge in [-0.3, -0.25) is 0 Å². The maximum atomic E-state index is 3.28. The third-order valence-electron chi connectivity index (χ3n) is 1.21. The highest BCUT2D eigenvalue weighted by Crippen LogP contribution is 1.96. The molecule has 0 radical (unpaired) electrons. The fraction of sp³-hybridized carbons (Fsp3) is 0.625. The number of hydrogen-bond donors (Lipinski definition) is 1. The van der Waals surface area contributed by atoms with Crippen molar-refractivity contribution in [2.75, 3.05) is 13.1 Å². The van der Waals surface area contributed by atoms with E-state index in [2.05, 4.69) is 24.2 Å². The Balaban J connectivity index is 0.000000187. The first-order chi connectivity index (χ1) is 4.41. The smallest absolute Gasteiger partial charge is 0.00489 e. The molecule has 0 bridgehead atoms. The highest BCUT2D eigenvalue weighted by Gasteiger charge is 1.93. The molecular formula is C8H15N. The van der Waals surface area contributed by atoms with Gasteiger partial charge in [0.25, 0.3) is 0 Å². The zero-order valence-electron chi connectivity index (χ0n) is 5.95. The van der Waals surface area contributed by atoms with E-state index in [1.54, 1.807) is 0 Å². The maximum Gasteiger partial charge on any atom is -0.00489 e. The maximum absolute atomic E-state index is 3.28. The molecule has 1 rings (SSSR count). The monoisotopic (exact) mass is 125 g/mol. The van der Waals surface area contributed by atoms with Crippen molar-refractivity contribution in [3.8, 4) is 0 Å². The van der Waals surface area contributed by atoms with E-state index in [4.69, 9.17) is 0 Å². The molecule has 1 N–H and O–H groups in total. The average Bonchev–Trinajstić information content (AvgIpc) is 1.93. The van der Waals surface area contributed by atoms with Gasteiger partial charge in [0.05, 0.1) is 0 Å². The van der Waals surface area contributed by atoms with Gasteiger partial charge in [-0.25, -0.2) is 0 Å². The molecule has 1 heteroatoms. The second kappa shape index (κ2) is 7.48. The largest absolute Gasteiger partial charge is 0.317 e. The molecule has 0 aromatic rings. The van der Waals surface area contributed by atoms with Crippen LogP contribution in [0.25, 0.3) is 0 Å². The lowest BCUT2D eigenvalue weighted by atomic mass is 10.2. The highest BCUT2D eigenvalue weighted by molar-refractivity contribution is 4.55. The Kier molecular flexibility index (Phi) is 7.05. The van der Waals surface area contributed by atoms with Crippen LogP contribution in [0.4, 0.5) is 0 Å². The molecule has 0 spiro atoms. The molecule has 0 atom stereocenters. The SMILES string of the molecule is C1CCNCC1.C=C=C. The quantitative estimate of drug-likeness (QED) is 0.486. The summed E-state index contributed by atoms with van der Waals surface area (Å²) in [5, 5.41) is 3.28. The van der Waals surface area contributed by atoms with Crippen LogP contribution in [0.5, 0.6) is 0 Å². The lowest BCUT2D eigenvalue weighted by Crippen LogP contribution is -2.21. The van der Waals surface area contributed by atoms with Crippen LogP contribution in [0.3, 0.4) is 0 Å². The normalized spacial score (nSPS) is 16.9. The van der Waals surface area contributed by atoms with E-state index in [1.807, 2.05) is 0 Å². The van der Waals surface area contributed by atoms with Crippen molar-refractivity contribution < 1.29 is 0 Å². The third-order valence-corrected chi connectivity index (χ3v) is 1.21. The van der Waals surface area contributed by atoms with E-state index in [9.17, 15) is 0 Å².